The maximum Gasteiger partial charge on any atom is 0.0682 e. The Hall–Kier alpha value is -0.810. The molecule has 2 rings (SSSR count). The number of hydrogen-bond acceptors (Lipinski definition) is 1. The smallest absolute Gasteiger partial charge is 0.0682 e. The Bertz CT molecular complexity index is 369. The average Bonchev–Trinajstić information content (AvgIpc) is 2.70. The number of hydrogen-bond donors (Lipinski definition) is 0. The lowest BCUT2D eigenvalue weighted by Gasteiger charge is -2.41. The van der Waals surface area contributed by atoms with Gasteiger partial charge in [0.25, 0.3) is 0 Å². The molecule has 2 aliphatic rings. The fraction of sp³-hybridized carbons (Fsp3) is 0.429. The molecule has 2 heteroatoms. The van der Waals surface area contributed by atoms with Gasteiger partial charge in [-0.05, 0) is 38.6 Å². The summed E-state index contributed by atoms with van der Waals surface area (Å²) in [6.07, 6.45) is 16.7. The van der Waals surface area contributed by atoms with Gasteiger partial charge >= 0.3 is 0 Å². The number of rotatable bonds is 2. The van der Waals surface area contributed by atoms with Crippen LogP contribution >= 0.6 is 8.58 Å². The molecule has 0 bridgehead atoms. The normalized spacial score (nSPS) is 24.8. The van der Waals surface area contributed by atoms with E-state index >= 15 is 0 Å². The van der Waals surface area contributed by atoms with Gasteiger partial charge in [0.05, 0.1) is 5.78 Å². The van der Waals surface area contributed by atoms with Crippen LogP contribution in [0.1, 0.15) is 27.2 Å². The highest BCUT2D eigenvalue weighted by Crippen LogP contribution is 2.40. The Kier molecular flexibility index (Phi) is 3.35. The first-order chi connectivity index (χ1) is 7.57. The van der Waals surface area contributed by atoms with E-state index in [1.54, 1.807) is 5.31 Å². The first kappa shape index (κ1) is 11.7. The summed E-state index contributed by atoms with van der Waals surface area (Å²) in [4.78, 5) is 2.46. The minimum atomic E-state index is 0.200. The molecule has 16 heavy (non-hydrogen) atoms. The van der Waals surface area contributed by atoms with E-state index < -0.39 is 0 Å². The summed E-state index contributed by atoms with van der Waals surface area (Å²) in [6.45, 7) is 6.82. The predicted octanol–water partition coefficient (Wildman–Crippen LogP) is 4.02. The van der Waals surface area contributed by atoms with E-state index in [1.165, 1.54) is 0 Å². The molecule has 86 valence electrons. The van der Waals surface area contributed by atoms with Gasteiger partial charge in [0, 0.05) is 11.7 Å². The molecular weight excluding hydrogens is 213 g/mol. The van der Waals surface area contributed by atoms with Gasteiger partial charge < -0.3 is 4.90 Å². The van der Waals surface area contributed by atoms with E-state index in [9.17, 15) is 0 Å². The van der Waals surface area contributed by atoms with Crippen LogP contribution in [0.15, 0.2) is 48.0 Å². The molecule has 1 heterocycles. The SMILES string of the molecule is CC(C)(C)N1C=CC=CC1PC1=CC=CC1. The molecule has 0 radical (unpaired) electrons. The van der Waals surface area contributed by atoms with E-state index in [2.05, 4.69) is 68.3 Å². The molecule has 0 aromatic rings. The predicted molar refractivity (Wildman–Crippen MR) is 73.8 cm³/mol. The van der Waals surface area contributed by atoms with Crippen molar-refractivity contribution in [1.29, 1.82) is 0 Å². The van der Waals surface area contributed by atoms with Crippen LogP contribution in [0.3, 0.4) is 0 Å². The van der Waals surface area contributed by atoms with Crippen molar-refractivity contribution in [2.24, 2.45) is 0 Å². The highest BCUT2D eigenvalue weighted by atomic mass is 31.1. The Morgan fingerprint density at radius 1 is 1.25 bits per heavy atom. The number of nitrogens with zero attached hydrogens (tertiary/aromatic N) is 1. The van der Waals surface area contributed by atoms with Crippen LogP contribution in [-0.2, 0) is 0 Å². The third-order valence-electron chi connectivity index (χ3n) is 2.83. The van der Waals surface area contributed by atoms with Gasteiger partial charge in [-0.2, -0.15) is 0 Å². The van der Waals surface area contributed by atoms with E-state index in [-0.39, 0.29) is 5.54 Å². The molecule has 0 amide bonds. The lowest BCUT2D eigenvalue weighted by atomic mass is 10.1. The summed E-state index contributed by atoms with van der Waals surface area (Å²) in [5, 5.41) is 1.57. The van der Waals surface area contributed by atoms with Crippen molar-refractivity contribution in [2.75, 3.05) is 0 Å². The molecule has 0 saturated heterocycles. The van der Waals surface area contributed by atoms with Crippen molar-refractivity contribution in [1.82, 2.24) is 4.90 Å². The summed E-state index contributed by atoms with van der Waals surface area (Å²) in [6, 6.07) is 0. The third-order valence-corrected chi connectivity index (χ3v) is 4.34. The van der Waals surface area contributed by atoms with Gasteiger partial charge in [0.2, 0.25) is 0 Å². The van der Waals surface area contributed by atoms with Crippen molar-refractivity contribution in [3.63, 3.8) is 0 Å². The molecule has 2 atom stereocenters. The van der Waals surface area contributed by atoms with Gasteiger partial charge in [0.15, 0.2) is 0 Å². The molecule has 0 aromatic heterocycles. The van der Waals surface area contributed by atoms with Crippen molar-refractivity contribution >= 4 is 8.58 Å². The largest absolute Gasteiger partial charge is 0.362 e. The second kappa shape index (κ2) is 4.59. The van der Waals surface area contributed by atoms with Crippen LogP contribution in [0.25, 0.3) is 0 Å². The van der Waals surface area contributed by atoms with Crippen LogP contribution in [-0.4, -0.2) is 16.2 Å². The Balaban J connectivity index is 2.07. The molecule has 0 N–H and O–H groups in total. The molecule has 2 unspecified atom stereocenters. The molecule has 1 aliphatic heterocycles. The lowest BCUT2D eigenvalue weighted by molar-refractivity contribution is 0.208. The van der Waals surface area contributed by atoms with Gasteiger partial charge in [-0.15, -0.1) is 0 Å². The Morgan fingerprint density at radius 2 is 2.06 bits per heavy atom. The second-order valence-corrected chi connectivity index (χ2v) is 6.74. The summed E-state index contributed by atoms with van der Waals surface area (Å²) in [7, 11) is 0.875. The van der Waals surface area contributed by atoms with Crippen molar-refractivity contribution < 1.29 is 0 Å². The van der Waals surface area contributed by atoms with Crippen molar-refractivity contribution in [3.8, 4) is 0 Å². The van der Waals surface area contributed by atoms with Crippen LogP contribution < -0.4 is 0 Å². The number of allylic oxidation sites excluding steroid dienone is 6. The Morgan fingerprint density at radius 3 is 2.69 bits per heavy atom. The molecule has 0 spiro atoms. The van der Waals surface area contributed by atoms with E-state index in [4.69, 9.17) is 0 Å². The molecular formula is C14H20NP. The fourth-order valence-electron chi connectivity index (χ4n) is 2.00. The van der Waals surface area contributed by atoms with Crippen LogP contribution in [0.2, 0.25) is 0 Å². The minimum absolute atomic E-state index is 0.200. The monoisotopic (exact) mass is 233 g/mol. The quantitative estimate of drug-likeness (QED) is 0.651. The first-order valence-electron chi connectivity index (χ1n) is 5.83. The average molecular weight is 233 g/mol. The standard InChI is InChI=1S/C14H20NP/c1-14(2,3)15-11-7-6-10-13(15)16-12-8-4-5-9-12/h4-8,10-11,13,16H,9H2,1-3H3. The summed E-state index contributed by atoms with van der Waals surface area (Å²) >= 11 is 0. The van der Waals surface area contributed by atoms with Crippen LogP contribution in [0, 0.1) is 0 Å². The van der Waals surface area contributed by atoms with E-state index in [0.29, 0.717) is 5.78 Å². The second-order valence-electron chi connectivity index (χ2n) is 5.22. The fourth-order valence-corrected chi connectivity index (χ4v) is 3.63. The van der Waals surface area contributed by atoms with Crippen LogP contribution in [0.4, 0.5) is 0 Å². The zero-order valence-electron chi connectivity index (χ0n) is 10.3. The molecule has 0 saturated carbocycles. The van der Waals surface area contributed by atoms with Gasteiger partial charge in [-0.25, -0.2) is 0 Å². The van der Waals surface area contributed by atoms with E-state index in [1.807, 2.05) is 0 Å². The topological polar surface area (TPSA) is 3.24 Å². The molecule has 1 nitrogen and oxygen atoms in total. The summed E-state index contributed by atoms with van der Waals surface area (Å²) in [5.41, 5.74) is 0.200. The van der Waals surface area contributed by atoms with Crippen molar-refractivity contribution in [3.05, 3.63) is 48.0 Å². The third kappa shape index (κ3) is 2.65. The molecule has 0 fully saturated rings. The van der Waals surface area contributed by atoms with Gasteiger partial charge in [0.1, 0.15) is 0 Å². The van der Waals surface area contributed by atoms with Crippen molar-refractivity contribution in [2.45, 2.75) is 38.5 Å². The molecule has 1 aliphatic carbocycles. The Labute approximate surface area is 100 Å². The maximum atomic E-state index is 2.46. The summed E-state index contributed by atoms with van der Waals surface area (Å²) in [5.74, 6) is 0.538. The van der Waals surface area contributed by atoms with Gasteiger partial charge in [-0.1, -0.05) is 39.0 Å². The lowest BCUT2D eigenvalue weighted by Crippen LogP contribution is -2.42. The maximum absolute atomic E-state index is 2.46. The van der Waals surface area contributed by atoms with Gasteiger partial charge in [-0.3, -0.25) is 0 Å². The zero-order valence-corrected chi connectivity index (χ0v) is 11.3. The van der Waals surface area contributed by atoms with E-state index in [0.717, 1.165) is 15.0 Å². The van der Waals surface area contributed by atoms with Crippen LogP contribution in [0.5, 0.6) is 0 Å². The minimum Gasteiger partial charge on any atom is -0.362 e. The first-order valence-corrected chi connectivity index (χ1v) is 6.91. The summed E-state index contributed by atoms with van der Waals surface area (Å²) < 4.78 is 0. The molecule has 0 aromatic carbocycles. The highest BCUT2D eigenvalue weighted by molar-refractivity contribution is 7.44. The zero-order chi connectivity index (χ0) is 11.6. The highest BCUT2D eigenvalue weighted by Gasteiger charge is 2.26.